The molecule has 2 aliphatic rings. The van der Waals surface area contributed by atoms with Crippen LogP contribution in [0.3, 0.4) is 0 Å². The van der Waals surface area contributed by atoms with E-state index in [1.165, 1.54) is 0 Å². The molecule has 1 amide bonds. The third-order valence-corrected chi connectivity index (χ3v) is 4.66. The van der Waals surface area contributed by atoms with Gasteiger partial charge in [-0.25, -0.2) is 0 Å². The Morgan fingerprint density at radius 3 is 2.15 bits per heavy atom. The number of rotatable bonds is 5. The maximum atomic E-state index is 11.5. The van der Waals surface area contributed by atoms with Gasteiger partial charge in [-0.05, 0) is 30.5 Å². The summed E-state index contributed by atoms with van der Waals surface area (Å²) in [5, 5.41) is 70.0. The Morgan fingerprint density at radius 1 is 1.00 bits per heavy atom. The Bertz CT molecular complexity index is 737. The molecule has 0 aromatic heterocycles. The number of hydrogen-bond acceptors (Lipinski definition) is 10. The number of amides is 1. The van der Waals surface area contributed by atoms with Crippen LogP contribution < -0.4 is 14.8 Å². The number of hydrogen-bond donors (Lipinski definition) is 8. The number of aliphatic hydroxyl groups is 7. The zero-order valence-corrected chi connectivity index (χ0v) is 14.1. The van der Waals surface area contributed by atoms with Gasteiger partial charge in [-0.3, -0.25) is 4.79 Å². The Labute approximate surface area is 153 Å². The lowest BCUT2D eigenvalue weighted by molar-refractivity contribution is -0.420. The molecular weight excluding hydrogens is 366 g/mol. The van der Waals surface area contributed by atoms with Crippen molar-refractivity contribution in [1.82, 2.24) is 5.32 Å². The van der Waals surface area contributed by atoms with Crippen LogP contribution in [0.4, 0.5) is 0 Å². The van der Waals surface area contributed by atoms with E-state index in [2.05, 4.69) is 4.74 Å². The monoisotopic (exact) mass is 387 g/mol. The molecule has 0 spiro atoms. The second-order valence-electron chi connectivity index (χ2n) is 6.85. The maximum Gasteiger partial charge on any atom is 0.453 e. The highest BCUT2D eigenvalue weighted by atomic mass is 16.9. The third-order valence-electron chi connectivity index (χ3n) is 4.66. The molecule has 2 fully saturated rings. The fourth-order valence-corrected chi connectivity index (χ4v) is 3.31. The van der Waals surface area contributed by atoms with E-state index in [1.807, 2.05) is 5.32 Å². The van der Waals surface area contributed by atoms with E-state index in [0.717, 1.165) is 18.2 Å². The lowest BCUT2D eigenvalue weighted by atomic mass is 9.89. The summed E-state index contributed by atoms with van der Waals surface area (Å²) in [4.78, 5) is 11.5. The van der Waals surface area contributed by atoms with Crippen LogP contribution in [0.1, 0.15) is 37.7 Å². The number of carbonyl (C=O) groups is 1. The number of carbonyl (C=O) groups excluding carboxylic acids is 1. The van der Waals surface area contributed by atoms with Crippen LogP contribution >= 0.6 is 0 Å². The summed E-state index contributed by atoms with van der Waals surface area (Å²) in [6, 6.07) is 3.18. The molecule has 1 aliphatic carbocycles. The minimum atomic E-state index is -3.54. The van der Waals surface area contributed by atoms with Crippen molar-refractivity contribution >= 4 is 5.91 Å². The summed E-state index contributed by atoms with van der Waals surface area (Å²) in [5.41, 5.74) is -2.64. The molecule has 1 unspecified atom stereocenters. The second kappa shape index (κ2) is 6.27. The van der Waals surface area contributed by atoms with Gasteiger partial charge in [-0.1, -0.05) is 6.07 Å². The minimum Gasteiger partial charge on any atom is -0.459 e. The van der Waals surface area contributed by atoms with Crippen molar-refractivity contribution in [3.05, 3.63) is 23.8 Å². The van der Waals surface area contributed by atoms with E-state index in [9.17, 15) is 25.2 Å². The first kappa shape index (κ1) is 19.8. The van der Waals surface area contributed by atoms with E-state index < -0.39 is 41.5 Å². The molecule has 1 atom stereocenters. The van der Waals surface area contributed by atoms with E-state index in [0.29, 0.717) is 12.8 Å². The summed E-state index contributed by atoms with van der Waals surface area (Å²) in [5.74, 6) is -6.11. The molecule has 1 aromatic carbocycles. The highest BCUT2D eigenvalue weighted by molar-refractivity contribution is 5.81. The van der Waals surface area contributed by atoms with Crippen molar-refractivity contribution < 1.29 is 50.0 Å². The number of nitrogens with one attached hydrogen (secondary N) is 1. The zero-order valence-electron chi connectivity index (χ0n) is 14.1. The van der Waals surface area contributed by atoms with Crippen LogP contribution in [0.25, 0.3) is 0 Å². The van der Waals surface area contributed by atoms with Crippen LogP contribution in [0.5, 0.6) is 11.5 Å². The molecule has 27 heavy (non-hydrogen) atoms. The quantitative estimate of drug-likeness (QED) is 0.254. The standard InChI is InChI=1S/C16H21NO10/c18-12-8-14(20,15(21,22)17-12)9-3-4-10(27-16(23,24)25)11(7-9)26-13(19)5-1-2-6-13/h3-4,7,19-25H,1-2,5-6,8H2,(H,17,18). The molecule has 3 rings (SSSR count). The molecule has 0 bridgehead atoms. The molecule has 8 N–H and O–H groups in total. The molecule has 11 heteroatoms. The van der Waals surface area contributed by atoms with Gasteiger partial charge >= 0.3 is 6.16 Å². The van der Waals surface area contributed by atoms with Crippen LogP contribution in [0.2, 0.25) is 0 Å². The smallest absolute Gasteiger partial charge is 0.453 e. The van der Waals surface area contributed by atoms with Crippen molar-refractivity contribution in [1.29, 1.82) is 0 Å². The lowest BCUT2D eigenvalue weighted by Gasteiger charge is -2.33. The van der Waals surface area contributed by atoms with Crippen molar-refractivity contribution in [3.63, 3.8) is 0 Å². The van der Waals surface area contributed by atoms with Crippen LogP contribution in [0.15, 0.2) is 18.2 Å². The summed E-state index contributed by atoms with van der Waals surface area (Å²) in [6.07, 6.45) is -2.32. The Hall–Kier alpha value is -1.99. The average Bonchev–Trinajstić information content (AvgIpc) is 3.01. The fourth-order valence-electron chi connectivity index (χ4n) is 3.31. The van der Waals surface area contributed by atoms with Crippen LogP contribution in [-0.4, -0.2) is 59.5 Å². The highest BCUT2D eigenvalue weighted by Crippen LogP contribution is 2.43. The molecule has 11 nitrogen and oxygen atoms in total. The predicted octanol–water partition coefficient (Wildman–Crippen LogP) is -2.36. The first-order valence-electron chi connectivity index (χ1n) is 8.24. The van der Waals surface area contributed by atoms with Crippen molar-refractivity contribution in [2.75, 3.05) is 0 Å². The van der Waals surface area contributed by atoms with Gasteiger partial charge in [0.25, 0.3) is 5.91 Å². The summed E-state index contributed by atoms with van der Waals surface area (Å²) < 4.78 is 10.1. The van der Waals surface area contributed by atoms with E-state index in [-0.39, 0.29) is 24.2 Å². The van der Waals surface area contributed by atoms with E-state index in [1.54, 1.807) is 0 Å². The summed E-state index contributed by atoms with van der Waals surface area (Å²) in [7, 11) is 0. The molecule has 1 heterocycles. The Kier molecular flexibility index (Phi) is 4.59. The predicted molar refractivity (Wildman–Crippen MR) is 84.3 cm³/mol. The van der Waals surface area contributed by atoms with Gasteiger partial charge < -0.3 is 50.5 Å². The van der Waals surface area contributed by atoms with Gasteiger partial charge in [-0.2, -0.15) is 0 Å². The maximum absolute atomic E-state index is 11.5. The summed E-state index contributed by atoms with van der Waals surface area (Å²) in [6.45, 7) is 0. The molecule has 1 saturated carbocycles. The molecule has 0 radical (unpaired) electrons. The molecule has 1 saturated heterocycles. The molecule has 1 aromatic rings. The third kappa shape index (κ3) is 3.84. The van der Waals surface area contributed by atoms with Gasteiger partial charge in [0.1, 0.15) is 0 Å². The molecular formula is C16H21NO10. The van der Waals surface area contributed by atoms with Gasteiger partial charge in [-0.15, -0.1) is 0 Å². The van der Waals surface area contributed by atoms with Crippen molar-refractivity contribution in [2.24, 2.45) is 0 Å². The van der Waals surface area contributed by atoms with Crippen LogP contribution in [-0.2, 0) is 10.4 Å². The van der Waals surface area contributed by atoms with Crippen molar-refractivity contribution in [2.45, 2.75) is 55.6 Å². The summed E-state index contributed by atoms with van der Waals surface area (Å²) >= 11 is 0. The fraction of sp³-hybridized carbons (Fsp3) is 0.562. The normalized spacial score (nSPS) is 26.7. The average molecular weight is 387 g/mol. The van der Waals surface area contributed by atoms with Gasteiger partial charge in [0.15, 0.2) is 17.1 Å². The first-order valence-corrected chi connectivity index (χ1v) is 8.24. The first-order chi connectivity index (χ1) is 12.3. The zero-order chi connectivity index (χ0) is 20.1. The van der Waals surface area contributed by atoms with Gasteiger partial charge in [0, 0.05) is 12.8 Å². The molecule has 150 valence electrons. The van der Waals surface area contributed by atoms with E-state index >= 15 is 0 Å². The topological polar surface area (TPSA) is 189 Å². The SMILES string of the molecule is O=C1CC(O)(c2ccc(OC(O)(O)O)c(OC3(O)CCCC3)c2)C(O)(O)N1. The number of benzene rings is 1. The van der Waals surface area contributed by atoms with Gasteiger partial charge in [0.05, 0.1) is 6.42 Å². The van der Waals surface area contributed by atoms with E-state index in [4.69, 9.17) is 20.1 Å². The van der Waals surface area contributed by atoms with Crippen LogP contribution in [0, 0.1) is 0 Å². The van der Waals surface area contributed by atoms with Crippen molar-refractivity contribution in [3.8, 4) is 11.5 Å². The Morgan fingerprint density at radius 2 is 1.63 bits per heavy atom. The van der Waals surface area contributed by atoms with Gasteiger partial charge in [0.2, 0.25) is 11.7 Å². The highest BCUT2D eigenvalue weighted by Gasteiger charge is 2.58. The largest absolute Gasteiger partial charge is 0.459 e. The Balaban J connectivity index is 2.02. The molecule has 1 aliphatic heterocycles. The second-order valence-corrected chi connectivity index (χ2v) is 6.85. The lowest BCUT2D eigenvalue weighted by Crippen LogP contribution is -2.54. The number of ether oxygens (including phenoxy) is 2. The minimum absolute atomic E-state index is 0.186.